The summed E-state index contributed by atoms with van der Waals surface area (Å²) in [6.07, 6.45) is 2.52. The predicted octanol–water partition coefficient (Wildman–Crippen LogP) is 0.449. The number of methoxy groups -OCH3 is 4. The average Bonchev–Trinajstić information content (AvgIpc) is 3.09. The molecule has 1 heterocycles. The Labute approximate surface area is 159 Å². The molecule has 25 heavy (non-hydrogen) atoms. The van der Waals surface area contributed by atoms with Crippen molar-refractivity contribution >= 4 is 19.0 Å². The molecule has 1 saturated heterocycles. The van der Waals surface area contributed by atoms with Crippen LogP contribution in [0.4, 0.5) is 0 Å². The summed E-state index contributed by atoms with van der Waals surface area (Å²) in [5.74, 6) is 0. The van der Waals surface area contributed by atoms with E-state index in [-0.39, 0.29) is 29.9 Å². The van der Waals surface area contributed by atoms with Crippen LogP contribution >= 0.6 is 0 Å². The Hall–Kier alpha value is 0.194. The molecule has 0 spiro atoms. The molecular weight excluding hydrogens is 352 g/mol. The SMILES string of the molecule is COC(C)(OC)[SiH2]CCCN1CCN(CCC[SiH2]C(C)(OC)OC)C1. The molecule has 0 atom stereocenters. The first-order chi connectivity index (χ1) is 11.9. The van der Waals surface area contributed by atoms with Gasteiger partial charge in [0, 0.05) is 41.5 Å². The number of nitrogens with zero attached hydrogens (tertiary/aromatic N) is 2. The van der Waals surface area contributed by atoms with Crippen LogP contribution in [-0.4, -0.2) is 101 Å². The quantitative estimate of drug-likeness (QED) is 0.243. The van der Waals surface area contributed by atoms with E-state index >= 15 is 0 Å². The minimum atomic E-state index is -0.361. The molecule has 150 valence electrons. The molecule has 0 radical (unpaired) electrons. The van der Waals surface area contributed by atoms with Crippen LogP contribution in [-0.2, 0) is 18.9 Å². The third-order valence-corrected chi connectivity index (χ3v) is 10.2. The first-order valence-corrected chi connectivity index (χ1v) is 13.0. The molecule has 1 fully saturated rings. The van der Waals surface area contributed by atoms with Crippen molar-refractivity contribution < 1.29 is 18.9 Å². The molecule has 8 heteroatoms. The van der Waals surface area contributed by atoms with Gasteiger partial charge in [-0.25, -0.2) is 0 Å². The molecule has 1 aliphatic rings. The zero-order chi connectivity index (χ0) is 18.8. The van der Waals surface area contributed by atoms with E-state index in [2.05, 4.69) is 23.6 Å². The Bertz CT molecular complexity index is 324. The van der Waals surface area contributed by atoms with Gasteiger partial charge in [0.05, 0.1) is 25.7 Å². The second-order valence-corrected chi connectivity index (χ2v) is 12.4. The van der Waals surface area contributed by atoms with Crippen LogP contribution in [0.3, 0.4) is 0 Å². The smallest absolute Gasteiger partial charge is 0.141 e. The Kier molecular flexibility index (Phi) is 11.0. The highest BCUT2D eigenvalue weighted by molar-refractivity contribution is 6.39. The Morgan fingerprint density at radius 3 is 1.40 bits per heavy atom. The van der Waals surface area contributed by atoms with Gasteiger partial charge in [-0.15, -0.1) is 0 Å². The van der Waals surface area contributed by atoms with Gasteiger partial charge >= 0.3 is 0 Å². The molecule has 6 nitrogen and oxygen atoms in total. The summed E-state index contributed by atoms with van der Waals surface area (Å²) in [4.78, 5) is 5.16. The van der Waals surface area contributed by atoms with Crippen molar-refractivity contribution in [2.24, 2.45) is 0 Å². The number of hydrogen-bond donors (Lipinski definition) is 0. The van der Waals surface area contributed by atoms with E-state index in [9.17, 15) is 0 Å². The summed E-state index contributed by atoms with van der Waals surface area (Å²) in [6.45, 7) is 10.1. The van der Waals surface area contributed by atoms with Crippen molar-refractivity contribution in [3.8, 4) is 0 Å². The maximum atomic E-state index is 5.47. The molecule has 0 aromatic rings. The van der Waals surface area contributed by atoms with Gasteiger partial charge < -0.3 is 18.9 Å². The molecule has 0 aromatic carbocycles. The summed E-state index contributed by atoms with van der Waals surface area (Å²) in [7, 11) is 6.28. The largest absolute Gasteiger partial charge is 0.358 e. The molecule has 0 unspecified atom stereocenters. The lowest BCUT2D eigenvalue weighted by Gasteiger charge is -2.26. The summed E-state index contributed by atoms with van der Waals surface area (Å²) in [5, 5.41) is 0. The number of rotatable bonds is 14. The van der Waals surface area contributed by atoms with Crippen molar-refractivity contribution in [3.63, 3.8) is 0 Å². The van der Waals surface area contributed by atoms with Gasteiger partial charge in [-0.3, -0.25) is 9.80 Å². The van der Waals surface area contributed by atoms with Crippen LogP contribution in [0.1, 0.15) is 26.7 Å². The third kappa shape index (κ3) is 8.61. The first-order valence-electron chi connectivity index (χ1n) is 9.55. The van der Waals surface area contributed by atoms with Crippen molar-refractivity contribution in [1.29, 1.82) is 0 Å². The minimum absolute atomic E-state index is 0.292. The molecule has 0 aliphatic carbocycles. The topological polar surface area (TPSA) is 43.4 Å². The molecule has 0 bridgehead atoms. The van der Waals surface area contributed by atoms with Gasteiger partial charge in [-0.1, -0.05) is 12.1 Å². The summed E-state index contributed by atoms with van der Waals surface area (Å²) in [5.41, 5.74) is -0.584. The monoisotopic (exact) mass is 392 g/mol. The molecule has 1 rings (SSSR count). The van der Waals surface area contributed by atoms with E-state index in [0.29, 0.717) is 0 Å². The van der Waals surface area contributed by atoms with Crippen molar-refractivity contribution in [2.45, 2.75) is 49.6 Å². The lowest BCUT2D eigenvalue weighted by molar-refractivity contribution is -0.131. The van der Waals surface area contributed by atoms with Crippen LogP contribution < -0.4 is 0 Å². The molecule has 0 saturated carbocycles. The van der Waals surface area contributed by atoms with E-state index in [4.69, 9.17) is 18.9 Å². The number of hydrogen-bond acceptors (Lipinski definition) is 6. The first kappa shape index (κ1) is 23.2. The third-order valence-electron chi connectivity index (χ3n) is 5.57. The highest BCUT2D eigenvalue weighted by Gasteiger charge is 2.24. The summed E-state index contributed by atoms with van der Waals surface area (Å²) in [6, 6.07) is 2.54. The van der Waals surface area contributed by atoms with E-state index in [1.165, 1.54) is 51.1 Å². The van der Waals surface area contributed by atoms with Crippen molar-refractivity contribution in [3.05, 3.63) is 0 Å². The predicted molar refractivity (Wildman–Crippen MR) is 109 cm³/mol. The van der Waals surface area contributed by atoms with Gasteiger partial charge in [0.25, 0.3) is 0 Å². The number of ether oxygens (including phenoxy) is 4. The van der Waals surface area contributed by atoms with E-state index < -0.39 is 0 Å². The van der Waals surface area contributed by atoms with Crippen LogP contribution in [0.15, 0.2) is 0 Å². The van der Waals surface area contributed by atoms with Crippen LogP contribution in [0, 0.1) is 0 Å². The molecule has 0 N–H and O–H groups in total. The Morgan fingerprint density at radius 1 is 0.720 bits per heavy atom. The van der Waals surface area contributed by atoms with E-state index in [0.717, 1.165) is 6.67 Å². The molecular formula is C17H40N2O4Si2. The lowest BCUT2D eigenvalue weighted by atomic mass is 10.4. The standard InChI is InChI=1S/C17H40N2O4Si2/c1-16(20-3,21-4)24-13-7-9-18-11-12-19(15-18)10-8-14-25-17(2,22-5)23-6/h7-15,24-25H2,1-6H3. The van der Waals surface area contributed by atoms with Gasteiger partial charge in [-0.05, 0) is 39.8 Å². The molecule has 1 aliphatic heterocycles. The summed E-state index contributed by atoms with van der Waals surface area (Å²) >= 11 is 0. The fourth-order valence-corrected chi connectivity index (χ4v) is 6.26. The van der Waals surface area contributed by atoms with Crippen LogP contribution in [0.5, 0.6) is 0 Å². The Balaban J connectivity index is 2.10. The van der Waals surface area contributed by atoms with Gasteiger partial charge in [0.15, 0.2) is 0 Å². The van der Waals surface area contributed by atoms with E-state index in [1.807, 2.05) is 0 Å². The van der Waals surface area contributed by atoms with Crippen molar-refractivity contribution in [2.75, 3.05) is 61.3 Å². The van der Waals surface area contributed by atoms with Gasteiger partial charge in [0.1, 0.15) is 10.8 Å². The zero-order valence-electron chi connectivity index (χ0n) is 17.3. The highest BCUT2D eigenvalue weighted by atomic mass is 28.2. The lowest BCUT2D eigenvalue weighted by Crippen LogP contribution is -2.37. The Morgan fingerprint density at radius 2 is 1.08 bits per heavy atom. The maximum Gasteiger partial charge on any atom is 0.141 e. The fraction of sp³-hybridized carbons (Fsp3) is 1.00. The fourth-order valence-electron chi connectivity index (χ4n) is 3.21. The van der Waals surface area contributed by atoms with Crippen LogP contribution in [0.2, 0.25) is 12.1 Å². The van der Waals surface area contributed by atoms with E-state index in [1.54, 1.807) is 28.4 Å². The summed E-state index contributed by atoms with van der Waals surface area (Å²) < 4.78 is 21.9. The highest BCUT2D eigenvalue weighted by Crippen LogP contribution is 2.14. The minimum Gasteiger partial charge on any atom is -0.358 e. The molecule has 0 amide bonds. The average molecular weight is 393 g/mol. The second kappa shape index (κ2) is 11.8. The zero-order valence-corrected chi connectivity index (χ0v) is 20.1. The molecule has 0 aromatic heterocycles. The maximum absolute atomic E-state index is 5.47. The van der Waals surface area contributed by atoms with Crippen LogP contribution in [0.25, 0.3) is 0 Å². The normalized spacial score (nSPS) is 18.5. The van der Waals surface area contributed by atoms with Crippen molar-refractivity contribution in [1.82, 2.24) is 9.80 Å². The second-order valence-electron chi connectivity index (χ2n) is 7.38. The van der Waals surface area contributed by atoms with Gasteiger partial charge in [-0.2, -0.15) is 0 Å². The van der Waals surface area contributed by atoms with Gasteiger partial charge in [0.2, 0.25) is 0 Å².